The van der Waals surface area contributed by atoms with Crippen molar-refractivity contribution >= 4 is 21.9 Å². The second-order valence-electron chi connectivity index (χ2n) is 8.26. The lowest BCUT2D eigenvalue weighted by Gasteiger charge is -2.36. The Kier molecular flexibility index (Phi) is 4.42. The molecule has 0 unspecified atom stereocenters. The normalized spacial score (nSPS) is 19.9. The summed E-state index contributed by atoms with van der Waals surface area (Å²) in [5, 5.41) is 3.25. The first-order valence-corrected chi connectivity index (χ1v) is 10.0. The van der Waals surface area contributed by atoms with Crippen LogP contribution < -0.4 is 15.8 Å². The summed E-state index contributed by atoms with van der Waals surface area (Å²) in [6.07, 6.45) is 2.25. The first kappa shape index (κ1) is 18.9. The second kappa shape index (κ2) is 6.55. The second-order valence-corrected chi connectivity index (χ2v) is 9.18. The first-order chi connectivity index (χ1) is 13.2. The van der Waals surface area contributed by atoms with Gasteiger partial charge in [-0.25, -0.2) is 0 Å². The molecule has 0 aliphatic carbocycles. The highest BCUT2D eigenvalue weighted by Gasteiger charge is 2.44. The molecule has 146 valence electrons. The number of carbonyl (C=O) groups excluding carboxylic acids is 1. The van der Waals surface area contributed by atoms with Crippen LogP contribution in [0.25, 0.3) is 0 Å². The van der Waals surface area contributed by atoms with Crippen LogP contribution in [0.2, 0.25) is 0 Å². The van der Waals surface area contributed by atoms with Crippen LogP contribution in [0.1, 0.15) is 37.5 Å². The molecule has 2 aliphatic heterocycles. The zero-order chi connectivity index (χ0) is 20.1. The zero-order valence-corrected chi connectivity index (χ0v) is 17.7. The number of carbonyl (C=O) groups is 1. The number of fused-ring (bicyclic) bond motifs is 4. The Labute approximate surface area is 173 Å². The predicted molar refractivity (Wildman–Crippen MR) is 111 cm³/mol. The number of esters is 1. The molecule has 28 heavy (non-hydrogen) atoms. The summed E-state index contributed by atoms with van der Waals surface area (Å²) in [6.45, 7) is 6.24. The van der Waals surface area contributed by atoms with Gasteiger partial charge in [0.1, 0.15) is 17.1 Å². The van der Waals surface area contributed by atoms with Crippen LogP contribution in [-0.2, 0) is 21.4 Å². The van der Waals surface area contributed by atoms with Crippen molar-refractivity contribution in [1.29, 1.82) is 0 Å². The van der Waals surface area contributed by atoms with Gasteiger partial charge in [0.05, 0.1) is 17.7 Å². The average molecular weight is 443 g/mol. The van der Waals surface area contributed by atoms with E-state index in [4.69, 9.17) is 15.2 Å². The molecule has 0 fully saturated rings. The van der Waals surface area contributed by atoms with Crippen molar-refractivity contribution in [3.05, 3.63) is 69.5 Å². The molecule has 2 aromatic rings. The fourth-order valence-electron chi connectivity index (χ4n) is 3.83. The summed E-state index contributed by atoms with van der Waals surface area (Å²) in [4.78, 5) is 12.3. The third-order valence-electron chi connectivity index (χ3n) is 4.91. The third-order valence-corrected chi connectivity index (χ3v) is 5.40. The molecule has 0 aromatic heterocycles. The van der Waals surface area contributed by atoms with E-state index in [1.165, 1.54) is 0 Å². The van der Waals surface area contributed by atoms with Crippen LogP contribution in [0.3, 0.4) is 0 Å². The van der Waals surface area contributed by atoms with Gasteiger partial charge in [-0.1, -0.05) is 28.1 Å². The molecule has 1 spiro atoms. The molecule has 1 atom stereocenters. The monoisotopic (exact) mass is 442 g/mol. The summed E-state index contributed by atoms with van der Waals surface area (Å²) in [5.74, 6) is 1.97. The average Bonchev–Trinajstić information content (AvgIpc) is 2.97. The van der Waals surface area contributed by atoms with E-state index in [1.54, 1.807) is 0 Å². The van der Waals surface area contributed by atoms with Crippen LogP contribution >= 0.6 is 15.9 Å². The van der Waals surface area contributed by atoms with Gasteiger partial charge in [0.25, 0.3) is 0 Å². The van der Waals surface area contributed by atoms with Gasteiger partial charge in [0, 0.05) is 22.1 Å². The number of halogens is 1. The summed E-state index contributed by atoms with van der Waals surface area (Å²) >= 11 is 3.56. The molecule has 6 heteroatoms. The molecule has 2 aliphatic rings. The van der Waals surface area contributed by atoms with Crippen LogP contribution in [0.5, 0.6) is 11.5 Å². The smallest absolute Gasteiger partial charge is 0.310 e. The number of nitrogens with two attached hydrogens (primary N) is 1. The van der Waals surface area contributed by atoms with Crippen LogP contribution in [0.15, 0.2) is 52.8 Å². The van der Waals surface area contributed by atoms with Crippen molar-refractivity contribution in [3.63, 3.8) is 0 Å². The Bertz CT molecular complexity index is 994. The maximum absolute atomic E-state index is 12.3. The summed E-state index contributed by atoms with van der Waals surface area (Å²) in [7, 11) is 0. The Morgan fingerprint density at radius 3 is 2.54 bits per heavy atom. The van der Waals surface area contributed by atoms with Crippen molar-refractivity contribution in [3.8, 4) is 11.5 Å². The van der Waals surface area contributed by atoms with E-state index in [0.717, 1.165) is 32.7 Å². The fraction of sp³-hybridized carbons (Fsp3) is 0.318. The molecular weight excluding hydrogens is 420 g/mol. The molecule has 0 saturated heterocycles. The van der Waals surface area contributed by atoms with Crippen molar-refractivity contribution in [2.24, 2.45) is 5.73 Å². The lowest BCUT2D eigenvalue weighted by Crippen LogP contribution is -2.34. The first-order valence-electron chi connectivity index (χ1n) is 9.22. The largest absolute Gasteiger partial charge is 0.460 e. The minimum atomic E-state index is -0.507. The molecule has 4 rings (SSSR count). The van der Waals surface area contributed by atoms with Gasteiger partial charge < -0.3 is 20.5 Å². The lowest BCUT2D eigenvalue weighted by atomic mass is 9.73. The summed E-state index contributed by atoms with van der Waals surface area (Å²) in [6, 6.07) is 11.8. The number of nitrogens with one attached hydrogen (secondary N) is 1. The maximum Gasteiger partial charge on any atom is 0.310 e. The van der Waals surface area contributed by atoms with E-state index in [9.17, 15) is 4.79 Å². The molecule has 0 bridgehead atoms. The minimum Gasteiger partial charge on any atom is -0.460 e. The quantitative estimate of drug-likeness (QED) is 0.683. The van der Waals surface area contributed by atoms with Crippen molar-refractivity contribution in [1.82, 2.24) is 5.32 Å². The molecule has 0 radical (unpaired) electrons. The van der Waals surface area contributed by atoms with Gasteiger partial charge in [0.2, 0.25) is 0 Å². The number of ether oxygens (including phenoxy) is 2. The van der Waals surface area contributed by atoms with Crippen molar-refractivity contribution in [2.45, 2.75) is 38.2 Å². The Morgan fingerprint density at radius 1 is 1.21 bits per heavy atom. The van der Waals surface area contributed by atoms with Gasteiger partial charge in [-0.3, -0.25) is 4.79 Å². The van der Waals surface area contributed by atoms with E-state index in [-0.39, 0.29) is 12.4 Å². The highest BCUT2D eigenvalue weighted by atomic mass is 79.9. The number of rotatable bonds is 2. The minimum absolute atomic E-state index is 0.207. The van der Waals surface area contributed by atoms with Crippen LogP contribution in [0, 0.1) is 0 Å². The third kappa shape index (κ3) is 3.37. The lowest BCUT2D eigenvalue weighted by molar-refractivity contribution is -0.153. The van der Waals surface area contributed by atoms with Gasteiger partial charge in [0.15, 0.2) is 0 Å². The molecule has 2 heterocycles. The van der Waals surface area contributed by atoms with E-state index >= 15 is 0 Å². The molecular formula is C22H23BrN2O3. The Morgan fingerprint density at radius 2 is 1.89 bits per heavy atom. The number of hydrogen-bond acceptors (Lipinski definition) is 5. The standard InChI is InChI=1S/C22H23BrN2O3/c1-21(2,3)28-20(26)9-13-4-6-17-15(8-13)22(11-19(24)25-12-22)16-10-14(23)5-7-18(16)27-17/h4-8,10-11,25H,9,12,24H2,1-3H3/t22-/m1/s1. The molecule has 0 amide bonds. The molecule has 0 saturated carbocycles. The molecule has 5 nitrogen and oxygen atoms in total. The van der Waals surface area contributed by atoms with Crippen molar-refractivity contribution < 1.29 is 14.3 Å². The summed E-state index contributed by atoms with van der Waals surface area (Å²) < 4.78 is 12.6. The van der Waals surface area contributed by atoms with E-state index in [0.29, 0.717) is 12.4 Å². The predicted octanol–water partition coefficient (Wildman–Crippen LogP) is 4.13. The van der Waals surface area contributed by atoms with Crippen LogP contribution in [-0.4, -0.2) is 18.1 Å². The molecule has 3 N–H and O–H groups in total. The number of hydrogen-bond donors (Lipinski definition) is 2. The highest BCUT2D eigenvalue weighted by Crippen LogP contribution is 2.51. The summed E-state index contributed by atoms with van der Waals surface area (Å²) in [5.41, 5.74) is 8.07. The van der Waals surface area contributed by atoms with E-state index < -0.39 is 11.0 Å². The van der Waals surface area contributed by atoms with Gasteiger partial charge in [-0.05, 0) is 56.7 Å². The highest BCUT2D eigenvalue weighted by molar-refractivity contribution is 9.10. The topological polar surface area (TPSA) is 73.6 Å². The Balaban J connectivity index is 1.77. The SMILES string of the molecule is CC(C)(C)OC(=O)Cc1ccc2c(c1)[C@]1(C=C(N)NC1)c1cc(Br)ccc1O2. The van der Waals surface area contributed by atoms with E-state index in [1.807, 2.05) is 57.2 Å². The van der Waals surface area contributed by atoms with Crippen molar-refractivity contribution in [2.75, 3.05) is 6.54 Å². The van der Waals surface area contributed by atoms with Gasteiger partial charge >= 0.3 is 5.97 Å². The van der Waals surface area contributed by atoms with E-state index in [2.05, 4.69) is 27.3 Å². The maximum atomic E-state index is 12.3. The number of benzene rings is 2. The zero-order valence-electron chi connectivity index (χ0n) is 16.1. The molecule has 2 aromatic carbocycles. The fourth-order valence-corrected chi connectivity index (χ4v) is 4.19. The van der Waals surface area contributed by atoms with Crippen LogP contribution in [0.4, 0.5) is 0 Å². The van der Waals surface area contributed by atoms with Gasteiger partial charge in [-0.2, -0.15) is 0 Å². The Hall–Kier alpha value is -2.47. The van der Waals surface area contributed by atoms with Gasteiger partial charge in [-0.15, -0.1) is 0 Å².